The van der Waals surface area contributed by atoms with E-state index in [1.807, 2.05) is 37.3 Å². The van der Waals surface area contributed by atoms with Crippen molar-refractivity contribution < 1.29 is 14.4 Å². The number of nitrogens with zero attached hydrogens (tertiary/aromatic N) is 2. The molecule has 112 valence electrons. The van der Waals surface area contributed by atoms with E-state index in [0.717, 1.165) is 20.6 Å². The molecule has 5 nitrogen and oxygen atoms in total. The van der Waals surface area contributed by atoms with Crippen LogP contribution in [0.2, 0.25) is 0 Å². The smallest absolute Gasteiger partial charge is 0.263 e. The van der Waals surface area contributed by atoms with E-state index in [-0.39, 0.29) is 6.04 Å². The summed E-state index contributed by atoms with van der Waals surface area (Å²) in [5.41, 5.74) is 0.424. The minimum absolute atomic E-state index is 0.297. The molecule has 0 aromatic heterocycles. The fraction of sp³-hybridized carbons (Fsp3) is 0.235. The number of hydrogen-bond donors (Lipinski definition) is 0. The second-order valence-electron chi connectivity index (χ2n) is 5.39. The van der Waals surface area contributed by atoms with Gasteiger partial charge >= 0.3 is 17.8 Å². The van der Waals surface area contributed by atoms with E-state index in [1.165, 1.54) is 0 Å². The summed E-state index contributed by atoms with van der Waals surface area (Å²) in [6.45, 7) is 3.63. The van der Waals surface area contributed by atoms with Crippen molar-refractivity contribution in [2.45, 2.75) is 26.3 Å². The van der Waals surface area contributed by atoms with Crippen LogP contribution in [0, 0.1) is 0 Å². The lowest BCUT2D eigenvalue weighted by atomic mass is 10.1. The van der Waals surface area contributed by atoms with Crippen LogP contribution < -0.4 is 4.90 Å². The van der Waals surface area contributed by atoms with Crippen LogP contribution in [-0.4, -0.2) is 28.8 Å². The Hall–Kier alpha value is -2.69. The predicted molar refractivity (Wildman–Crippen MR) is 83.4 cm³/mol. The summed E-state index contributed by atoms with van der Waals surface area (Å²) >= 11 is 0. The summed E-state index contributed by atoms with van der Waals surface area (Å²) in [7, 11) is 0. The highest BCUT2D eigenvalue weighted by Crippen LogP contribution is 2.27. The summed E-state index contributed by atoms with van der Waals surface area (Å²) in [6.07, 6.45) is 0.607. The first-order chi connectivity index (χ1) is 10.5. The maximum atomic E-state index is 12.5. The SMILES string of the molecule is CCC(C)N1C(=O)C(=O)N(c2ccc3ccccc3c2)C1=O. The van der Waals surface area contributed by atoms with E-state index >= 15 is 0 Å². The van der Waals surface area contributed by atoms with Gasteiger partial charge in [-0.3, -0.25) is 14.5 Å². The third kappa shape index (κ3) is 2.06. The van der Waals surface area contributed by atoms with Crippen molar-refractivity contribution in [3.8, 4) is 0 Å². The van der Waals surface area contributed by atoms with Crippen molar-refractivity contribution >= 4 is 34.3 Å². The maximum Gasteiger partial charge on any atom is 0.339 e. The van der Waals surface area contributed by atoms with Crippen LogP contribution in [0.3, 0.4) is 0 Å². The van der Waals surface area contributed by atoms with E-state index in [2.05, 4.69) is 0 Å². The fourth-order valence-corrected chi connectivity index (χ4v) is 2.59. The number of hydrogen-bond acceptors (Lipinski definition) is 3. The van der Waals surface area contributed by atoms with E-state index in [1.54, 1.807) is 19.1 Å². The molecule has 0 aliphatic carbocycles. The van der Waals surface area contributed by atoms with Crippen LogP contribution in [0.15, 0.2) is 42.5 Å². The average molecular weight is 296 g/mol. The highest BCUT2D eigenvalue weighted by molar-refractivity contribution is 6.53. The van der Waals surface area contributed by atoms with E-state index in [4.69, 9.17) is 0 Å². The summed E-state index contributed by atoms with van der Waals surface area (Å²) in [5, 5.41) is 1.92. The molecule has 1 aliphatic heterocycles. The third-order valence-corrected chi connectivity index (χ3v) is 4.03. The number of amides is 4. The van der Waals surface area contributed by atoms with Gasteiger partial charge in [0.2, 0.25) is 0 Å². The standard InChI is InChI=1S/C17H16N2O3/c1-3-11(2)18-15(20)16(21)19(17(18)22)14-9-8-12-6-4-5-7-13(12)10-14/h4-11H,3H2,1-2H3. The molecule has 0 bridgehead atoms. The van der Waals surface area contributed by atoms with Gasteiger partial charge in [-0.25, -0.2) is 9.69 Å². The first-order valence-electron chi connectivity index (χ1n) is 7.25. The van der Waals surface area contributed by atoms with E-state index in [9.17, 15) is 14.4 Å². The molecule has 0 N–H and O–H groups in total. The average Bonchev–Trinajstić information content (AvgIpc) is 2.76. The number of rotatable bonds is 3. The van der Waals surface area contributed by atoms with Crippen molar-refractivity contribution in [3.63, 3.8) is 0 Å². The Labute approximate surface area is 128 Å². The molecular formula is C17H16N2O3. The van der Waals surface area contributed by atoms with Crippen LogP contribution in [-0.2, 0) is 9.59 Å². The Bertz CT molecular complexity index is 784. The zero-order valence-electron chi connectivity index (χ0n) is 12.4. The summed E-state index contributed by atoms with van der Waals surface area (Å²) < 4.78 is 0. The van der Waals surface area contributed by atoms with Gasteiger partial charge in [0, 0.05) is 6.04 Å². The van der Waals surface area contributed by atoms with E-state index < -0.39 is 17.8 Å². The largest absolute Gasteiger partial charge is 0.339 e. The Morgan fingerprint density at radius 2 is 1.64 bits per heavy atom. The summed E-state index contributed by atoms with van der Waals surface area (Å²) in [4.78, 5) is 38.7. The molecule has 3 rings (SSSR count). The summed E-state index contributed by atoms with van der Waals surface area (Å²) in [5.74, 6) is -1.55. The highest BCUT2D eigenvalue weighted by Gasteiger charge is 2.47. The summed E-state index contributed by atoms with van der Waals surface area (Å²) in [6, 6.07) is 12.1. The maximum absolute atomic E-state index is 12.5. The number of benzene rings is 2. The Kier molecular flexibility index (Phi) is 3.41. The number of carbonyl (C=O) groups is 3. The minimum atomic E-state index is -0.791. The molecule has 4 amide bonds. The Morgan fingerprint density at radius 3 is 2.32 bits per heavy atom. The molecule has 1 atom stereocenters. The van der Waals surface area contributed by atoms with Crippen LogP contribution >= 0.6 is 0 Å². The third-order valence-electron chi connectivity index (χ3n) is 4.03. The van der Waals surface area contributed by atoms with Gasteiger partial charge in [0.25, 0.3) is 0 Å². The van der Waals surface area contributed by atoms with Gasteiger partial charge < -0.3 is 0 Å². The lowest BCUT2D eigenvalue weighted by Gasteiger charge is -2.20. The van der Waals surface area contributed by atoms with Gasteiger partial charge in [0.15, 0.2) is 0 Å². The van der Waals surface area contributed by atoms with Gasteiger partial charge in [-0.05, 0) is 36.2 Å². The molecule has 2 aromatic rings. The number of imide groups is 2. The molecular weight excluding hydrogens is 280 g/mol. The van der Waals surface area contributed by atoms with Gasteiger partial charge in [0.05, 0.1) is 5.69 Å². The minimum Gasteiger partial charge on any atom is -0.263 e. The number of urea groups is 1. The van der Waals surface area contributed by atoms with Crippen molar-refractivity contribution in [2.24, 2.45) is 0 Å². The molecule has 1 unspecified atom stereocenters. The van der Waals surface area contributed by atoms with Crippen LogP contribution in [0.25, 0.3) is 10.8 Å². The molecule has 0 saturated carbocycles. The lowest BCUT2D eigenvalue weighted by molar-refractivity contribution is -0.140. The van der Waals surface area contributed by atoms with Crippen molar-refractivity contribution in [3.05, 3.63) is 42.5 Å². The zero-order valence-corrected chi connectivity index (χ0v) is 12.4. The predicted octanol–water partition coefficient (Wildman–Crippen LogP) is 2.93. The second kappa shape index (κ2) is 5.26. The molecule has 1 aliphatic rings. The Morgan fingerprint density at radius 1 is 0.955 bits per heavy atom. The zero-order chi connectivity index (χ0) is 15.9. The lowest BCUT2D eigenvalue weighted by Crippen LogP contribution is -2.39. The van der Waals surface area contributed by atoms with Crippen molar-refractivity contribution in [2.75, 3.05) is 4.90 Å². The van der Waals surface area contributed by atoms with Gasteiger partial charge in [-0.15, -0.1) is 0 Å². The highest BCUT2D eigenvalue weighted by atomic mass is 16.2. The molecule has 0 radical (unpaired) electrons. The van der Waals surface area contributed by atoms with Crippen LogP contribution in [0.5, 0.6) is 0 Å². The second-order valence-corrected chi connectivity index (χ2v) is 5.39. The fourth-order valence-electron chi connectivity index (χ4n) is 2.59. The molecule has 1 fully saturated rings. The molecule has 2 aromatic carbocycles. The molecule has 22 heavy (non-hydrogen) atoms. The molecule has 1 saturated heterocycles. The first-order valence-corrected chi connectivity index (χ1v) is 7.25. The number of fused-ring (bicyclic) bond motifs is 1. The normalized spacial score (nSPS) is 16.7. The molecule has 0 spiro atoms. The van der Waals surface area contributed by atoms with Crippen LogP contribution in [0.4, 0.5) is 10.5 Å². The van der Waals surface area contributed by atoms with E-state index in [0.29, 0.717) is 12.1 Å². The van der Waals surface area contributed by atoms with Gasteiger partial charge in [-0.2, -0.15) is 0 Å². The molecule has 1 heterocycles. The van der Waals surface area contributed by atoms with Gasteiger partial charge in [-0.1, -0.05) is 37.3 Å². The quantitative estimate of drug-likeness (QED) is 0.646. The number of carbonyl (C=O) groups excluding carboxylic acids is 3. The number of anilines is 1. The topological polar surface area (TPSA) is 57.7 Å². The monoisotopic (exact) mass is 296 g/mol. The van der Waals surface area contributed by atoms with Crippen molar-refractivity contribution in [1.29, 1.82) is 0 Å². The van der Waals surface area contributed by atoms with Crippen LogP contribution in [0.1, 0.15) is 20.3 Å². The molecule has 5 heteroatoms. The van der Waals surface area contributed by atoms with Crippen molar-refractivity contribution in [1.82, 2.24) is 4.90 Å². The van der Waals surface area contributed by atoms with Gasteiger partial charge in [0.1, 0.15) is 0 Å². The first kappa shape index (κ1) is 14.3. The Balaban J connectivity index is 2.04.